The van der Waals surface area contributed by atoms with Gasteiger partial charge in [0.05, 0.1) is 13.7 Å². The lowest BCUT2D eigenvalue weighted by Crippen LogP contribution is -2.39. The highest BCUT2D eigenvalue weighted by Gasteiger charge is 2.15. The van der Waals surface area contributed by atoms with E-state index in [1.807, 2.05) is 6.07 Å². The van der Waals surface area contributed by atoms with Crippen molar-refractivity contribution in [1.29, 1.82) is 0 Å². The van der Waals surface area contributed by atoms with Crippen molar-refractivity contribution < 1.29 is 4.74 Å². The van der Waals surface area contributed by atoms with Crippen LogP contribution in [0.4, 0.5) is 0 Å². The lowest BCUT2D eigenvalue weighted by molar-refractivity contribution is 0.415. The predicted octanol–water partition coefficient (Wildman–Crippen LogP) is 4.03. The molecule has 5 heteroatoms. The van der Waals surface area contributed by atoms with Crippen LogP contribution in [0.2, 0.25) is 0 Å². The zero-order valence-electron chi connectivity index (χ0n) is 14.4. The Morgan fingerprint density at radius 3 is 2.54 bits per heavy atom. The summed E-state index contributed by atoms with van der Waals surface area (Å²) in [6.45, 7) is 5.97. The highest BCUT2D eigenvalue weighted by atomic mass is 127. The Labute approximate surface area is 161 Å². The van der Waals surface area contributed by atoms with Gasteiger partial charge in [0, 0.05) is 19.6 Å². The van der Waals surface area contributed by atoms with E-state index >= 15 is 0 Å². The van der Waals surface area contributed by atoms with Crippen molar-refractivity contribution in [3.8, 4) is 5.75 Å². The Balaban J connectivity index is 0.00000208. The highest BCUT2D eigenvalue weighted by Crippen LogP contribution is 2.22. The molecule has 1 saturated heterocycles. The molecule has 0 radical (unpaired) electrons. The molecule has 0 aliphatic carbocycles. The SMILES string of the molecule is CCNC(=NCc1ccc2cc(OC)ccc2c1)N1CCCC1.I. The van der Waals surface area contributed by atoms with Crippen LogP contribution in [-0.2, 0) is 6.54 Å². The van der Waals surface area contributed by atoms with E-state index in [1.165, 1.54) is 29.2 Å². The van der Waals surface area contributed by atoms with Gasteiger partial charge in [0.15, 0.2) is 5.96 Å². The molecule has 0 atom stereocenters. The van der Waals surface area contributed by atoms with Crippen molar-refractivity contribution in [2.24, 2.45) is 4.99 Å². The summed E-state index contributed by atoms with van der Waals surface area (Å²) < 4.78 is 5.28. The number of hydrogen-bond donors (Lipinski definition) is 1. The molecular weight excluding hydrogens is 413 g/mol. The Hall–Kier alpha value is -1.50. The number of nitrogens with zero attached hydrogens (tertiary/aromatic N) is 2. The van der Waals surface area contributed by atoms with E-state index in [0.29, 0.717) is 6.54 Å². The van der Waals surface area contributed by atoms with Crippen LogP contribution < -0.4 is 10.1 Å². The minimum absolute atomic E-state index is 0. The van der Waals surface area contributed by atoms with E-state index in [1.54, 1.807) is 7.11 Å². The van der Waals surface area contributed by atoms with Crippen molar-refractivity contribution >= 4 is 40.7 Å². The summed E-state index contributed by atoms with van der Waals surface area (Å²) in [4.78, 5) is 7.17. The summed E-state index contributed by atoms with van der Waals surface area (Å²) in [6, 6.07) is 12.7. The van der Waals surface area contributed by atoms with E-state index in [0.717, 1.165) is 31.3 Å². The first-order chi connectivity index (χ1) is 11.3. The van der Waals surface area contributed by atoms with Crippen LogP contribution in [-0.4, -0.2) is 37.6 Å². The summed E-state index contributed by atoms with van der Waals surface area (Å²) >= 11 is 0. The van der Waals surface area contributed by atoms with Gasteiger partial charge in [-0.3, -0.25) is 0 Å². The molecule has 1 N–H and O–H groups in total. The minimum Gasteiger partial charge on any atom is -0.497 e. The van der Waals surface area contributed by atoms with Gasteiger partial charge in [0.2, 0.25) is 0 Å². The van der Waals surface area contributed by atoms with Gasteiger partial charge < -0.3 is 15.0 Å². The van der Waals surface area contributed by atoms with Gasteiger partial charge >= 0.3 is 0 Å². The molecule has 4 nitrogen and oxygen atoms in total. The second kappa shape index (κ2) is 9.11. The molecule has 3 rings (SSSR count). The molecular formula is C19H26IN3O. The number of rotatable bonds is 4. The molecule has 1 heterocycles. The molecule has 130 valence electrons. The van der Waals surface area contributed by atoms with Crippen LogP contribution in [0.15, 0.2) is 41.4 Å². The Morgan fingerprint density at radius 1 is 1.12 bits per heavy atom. The average Bonchev–Trinajstić information content (AvgIpc) is 3.12. The molecule has 1 aliphatic heterocycles. The predicted molar refractivity (Wildman–Crippen MR) is 112 cm³/mol. The summed E-state index contributed by atoms with van der Waals surface area (Å²) in [5, 5.41) is 5.83. The summed E-state index contributed by atoms with van der Waals surface area (Å²) in [5.74, 6) is 1.94. The first-order valence-corrected chi connectivity index (χ1v) is 8.40. The number of fused-ring (bicyclic) bond motifs is 1. The zero-order valence-corrected chi connectivity index (χ0v) is 16.7. The largest absolute Gasteiger partial charge is 0.497 e. The number of likely N-dealkylation sites (tertiary alicyclic amines) is 1. The maximum Gasteiger partial charge on any atom is 0.194 e. The fraction of sp³-hybridized carbons (Fsp3) is 0.421. The number of nitrogens with one attached hydrogen (secondary N) is 1. The molecule has 0 unspecified atom stereocenters. The Bertz CT molecular complexity index is 696. The summed E-state index contributed by atoms with van der Waals surface area (Å²) in [7, 11) is 1.70. The van der Waals surface area contributed by atoms with Crippen molar-refractivity contribution in [2.75, 3.05) is 26.7 Å². The number of aliphatic imine (C=N–C) groups is 1. The van der Waals surface area contributed by atoms with Gasteiger partial charge in [0.1, 0.15) is 5.75 Å². The number of hydrogen-bond acceptors (Lipinski definition) is 2. The second-order valence-electron chi connectivity index (χ2n) is 5.91. The third-order valence-corrected chi connectivity index (χ3v) is 4.26. The molecule has 2 aromatic carbocycles. The quantitative estimate of drug-likeness (QED) is 0.444. The van der Waals surface area contributed by atoms with Crippen LogP contribution in [0.25, 0.3) is 10.8 Å². The Kier molecular flexibility index (Phi) is 7.15. The zero-order chi connectivity index (χ0) is 16.1. The molecule has 0 bridgehead atoms. The average molecular weight is 439 g/mol. The van der Waals surface area contributed by atoms with Crippen LogP contribution in [0.1, 0.15) is 25.3 Å². The number of benzene rings is 2. The second-order valence-corrected chi connectivity index (χ2v) is 5.91. The van der Waals surface area contributed by atoms with Gasteiger partial charge in [0.25, 0.3) is 0 Å². The van der Waals surface area contributed by atoms with Crippen molar-refractivity contribution in [2.45, 2.75) is 26.3 Å². The van der Waals surface area contributed by atoms with Gasteiger partial charge in [-0.1, -0.05) is 18.2 Å². The number of guanidine groups is 1. The number of methoxy groups -OCH3 is 1. The molecule has 0 saturated carbocycles. The lowest BCUT2D eigenvalue weighted by Gasteiger charge is -2.20. The van der Waals surface area contributed by atoms with E-state index in [4.69, 9.17) is 9.73 Å². The van der Waals surface area contributed by atoms with Crippen molar-refractivity contribution in [3.63, 3.8) is 0 Å². The number of ether oxygens (including phenoxy) is 1. The van der Waals surface area contributed by atoms with Gasteiger partial charge in [-0.15, -0.1) is 24.0 Å². The standard InChI is InChI=1S/C19H25N3O.HI/c1-3-20-19(22-10-4-5-11-22)21-14-15-6-7-17-13-18(23-2)9-8-16(17)12-15;/h6-9,12-13H,3-5,10-11,14H2,1-2H3,(H,20,21);1H. The highest BCUT2D eigenvalue weighted by molar-refractivity contribution is 14.0. The van der Waals surface area contributed by atoms with Crippen molar-refractivity contribution in [3.05, 3.63) is 42.0 Å². The summed E-state index contributed by atoms with van der Waals surface area (Å²) in [6.07, 6.45) is 2.53. The minimum atomic E-state index is 0. The van der Waals surface area contributed by atoms with Crippen LogP contribution in [0.3, 0.4) is 0 Å². The van der Waals surface area contributed by atoms with Crippen LogP contribution in [0.5, 0.6) is 5.75 Å². The molecule has 24 heavy (non-hydrogen) atoms. The van der Waals surface area contributed by atoms with Crippen LogP contribution in [0, 0.1) is 0 Å². The molecule has 1 fully saturated rings. The fourth-order valence-corrected chi connectivity index (χ4v) is 3.02. The molecule has 1 aliphatic rings. The normalized spacial score (nSPS) is 14.6. The summed E-state index contributed by atoms with van der Waals surface area (Å²) in [5.41, 5.74) is 1.23. The number of halogens is 1. The maximum atomic E-state index is 5.28. The third kappa shape index (κ3) is 4.53. The van der Waals surface area contributed by atoms with E-state index in [9.17, 15) is 0 Å². The maximum absolute atomic E-state index is 5.28. The van der Waals surface area contributed by atoms with E-state index in [2.05, 4.69) is 47.5 Å². The molecule has 0 spiro atoms. The van der Waals surface area contributed by atoms with Gasteiger partial charge in [-0.05, 0) is 54.3 Å². The van der Waals surface area contributed by atoms with Gasteiger partial charge in [-0.25, -0.2) is 4.99 Å². The molecule has 0 aromatic heterocycles. The first kappa shape index (κ1) is 18.8. The monoisotopic (exact) mass is 439 g/mol. The van der Waals surface area contributed by atoms with Crippen LogP contribution >= 0.6 is 24.0 Å². The van der Waals surface area contributed by atoms with E-state index < -0.39 is 0 Å². The third-order valence-electron chi connectivity index (χ3n) is 4.26. The first-order valence-electron chi connectivity index (χ1n) is 8.40. The van der Waals surface area contributed by atoms with Crippen molar-refractivity contribution in [1.82, 2.24) is 10.2 Å². The lowest BCUT2D eigenvalue weighted by atomic mass is 10.1. The smallest absolute Gasteiger partial charge is 0.194 e. The topological polar surface area (TPSA) is 36.9 Å². The Morgan fingerprint density at radius 2 is 1.83 bits per heavy atom. The van der Waals surface area contributed by atoms with E-state index in [-0.39, 0.29) is 24.0 Å². The molecule has 2 aromatic rings. The molecule has 0 amide bonds. The fourth-order valence-electron chi connectivity index (χ4n) is 3.02. The van der Waals surface area contributed by atoms with Gasteiger partial charge in [-0.2, -0.15) is 0 Å².